The third kappa shape index (κ3) is 4.27. The molecule has 0 spiro atoms. The molecule has 0 bridgehead atoms. The van der Waals surface area contributed by atoms with E-state index < -0.39 is 5.91 Å². The number of anilines is 2. The van der Waals surface area contributed by atoms with Crippen LogP contribution < -0.4 is 16.2 Å². The molecule has 1 aromatic carbocycles. The van der Waals surface area contributed by atoms with Gasteiger partial charge in [0, 0.05) is 31.7 Å². The van der Waals surface area contributed by atoms with Crippen LogP contribution in [0.5, 0.6) is 0 Å². The van der Waals surface area contributed by atoms with Crippen LogP contribution in [-0.2, 0) is 16.6 Å². The van der Waals surface area contributed by atoms with Crippen molar-refractivity contribution in [2.45, 2.75) is 0 Å². The number of hydrogen-bond acceptors (Lipinski definition) is 4. The van der Waals surface area contributed by atoms with Crippen LogP contribution in [-0.4, -0.2) is 30.1 Å². The number of pyridine rings is 1. The second-order valence-corrected chi connectivity index (χ2v) is 4.85. The molecule has 0 unspecified atom stereocenters. The molecule has 0 saturated heterocycles. The average molecular weight is 315 g/mol. The van der Waals surface area contributed by atoms with Crippen molar-refractivity contribution in [1.29, 1.82) is 0 Å². The van der Waals surface area contributed by atoms with E-state index in [-0.39, 0.29) is 23.6 Å². The zero-order valence-corrected chi connectivity index (χ0v) is 12.8. The van der Waals surface area contributed by atoms with Crippen molar-refractivity contribution < 1.29 is 14.3 Å². The van der Waals surface area contributed by atoms with Crippen molar-refractivity contribution >= 4 is 23.2 Å². The minimum Gasteiger partial charge on any atom is -0.375 e. The SMILES string of the molecule is COCC(=O)Nc1ccc(NC(=O)c2cccn(C)c2=O)cc1. The van der Waals surface area contributed by atoms with E-state index in [0.29, 0.717) is 11.4 Å². The molecule has 2 amide bonds. The summed E-state index contributed by atoms with van der Waals surface area (Å²) in [6.07, 6.45) is 1.58. The van der Waals surface area contributed by atoms with Gasteiger partial charge in [-0.15, -0.1) is 0 Å². The molecule has 2 rings (SSSR count). The summed E-state index contributed by atoms with van der Waals surface area (Å²) < 4.78 is 6.06. The highest BCUT2D eigenvalue weighted by molar-refractivity contribution is 6.04. The van der Waals surface area contributed by atoms with Crippen LogP contribution in [0, 0.1) is 0 Å². The summed E-state index contributed by atoms with van der Waals surface area (Å²) in [7, 11) is 3.02. The number of aromatic nitrogens is 1. The lowest BCUT2D eigenvalue weighted by atomic mass is 10.2. The van der Waals surface area contributed by atoms with Crippen LogP contribution in [0.3, 0.4) is 0 Å². The molecule has 0 atom stereocenters. The summed E-state index contributed by atoms with van der Waals surface area (Å²) in [5.41, 5.74) is 0.798. The molecule has 0 aliphatic heterocycles. The molecule has 0 radical (unpaired) electrons. The first-order valence-corrected chi connectivity index (χ1v) is 6.87. The van der Waals surface area contributed by atoms with E-state index in [9.17, 15) is 14.4 Å². The highest BCUT2D eigenvalue weighted by Crippen LogP contribution is 2.14. The van der Waals surface area contributed by atoms with Gasteiger partial charge >= 0.3 is 0 Å². The Labute approximate surface area is 132 Å². The number of hydrogen-bond donors (Lipinski definition) is 2. The molecule has 7 heteroatoms. The number of ether oxygens (including phenoxy) is 1. The van der Waals surface area contributed by atoms with Gasteiger partial charge in [0.25, 0.3) is 11.5 Å². The largest absolute Gasteiger partial charge is 0.375 e. The monoisotopic (exact) mass is 315 g/mol. The van der Waals surface area contributed by atoms with E-state index in [2.05, 4.69) is 10.6 Å². The standard InChI is InChI=1S/C16H17N3O4/c1-19-9-3-4-13(16(19)22)15(21)18-12-7-5-11(6-8-12)17-14(20)10-23-2/h3-9H,10H2,1-2H3,(H,17,20)(H,18,21). The lowest BCUT2D eigenvalue weighted by Gasteiger charge is -2.08. The van der Waals surface area contributed by atoms with E-state index in [1.165, 1.54) is 17.7 Å². The summed E-state index contributed by atoms with van der Waals surface area (Å²) in [5.74, 6) is -0.751. The maximum atomic E-state index is 12.1. The van der Waals surface area contributed by atoms with Gasteiger partial charge in [-0.25, -0.2) is 0 Å². The Bertz CT molecular complexity index is 766. The fraction of sp³-hybridized carbons (Fsp3) is 0.188. The molecule has 1 heterocycles. The van der Waals surface area contributed by atoms with Crippen molar-refractivity contribution in [3.05, 3.63) is 58.5 Å². The first kappa shape index (κ1) is 16.4. The van der Waals surface area contributed by atoms with Crippen LogP contribution in [0.1, 0.15) is 10.4 Å². The zero-order chi connectivity index (χ0) is 16.8. The Morgan fingerprint density at radius 3 is 2.30 bits per heavy atom. The van der Waals surface area contributed by atoms with E-state index in [1.54, 1.807) is 43.6 Å². The number of amides is 2. The second kappa shape index (κ2) is 7.37. The minimum absolute atomic E-state index is 0.0320. The number of carbonyl (C=O) groups is 2. The maximum absolute atomic E-state index is 12.1. The van der Waals surface area contributed by atoms with Gasteiger partial charge in [-0.2, -0.15) is 0 Å². The Hall–Kier alpha value is -2.93. The van der Waals surface area contributed by atoms with Crippen molar-refractivity contribution in [3.8, 4) is 0 Å². The van der Waals surface area contributed by atoms with E-state index in [4.69, 9.17) is 4.74 Å². The van der Waals surface area contributed by atoms with Gasteiger partial charge < -0.3 is 19.9 Å². The molecule has 0 saturated carbocycles. The summed E-state index contributed by atoms with van der Waals surface area (Å²) >= 11 is 0. The first-order valence-electron chi connectivity index (χ1n) is 6.87. The third-order valence-corrected chi connectivity index (χ3v) is 3.07. The minimum atomic E-state index is -0.484. The first-order chi connectivity index (χ1) is 11.0. The van der Waals surface area contributed by atoms with Crippen molar-refractivity contribution in [2.24, 2.45) is 7.05 Å². The predicted molar refractivity (Wildman–Crippen MR) is 86.6 cm³/mol. The molecule has 2 aromatic rings. The van der Waals surface area contributed by atoms with E-state index in [0.717, 1.165) is 0 Å². The van der Waals surface area contributed by atoms with Gasteiger partial charge in [0.05, 0.1) is 0 Å². The molecular formula is C16H17N3O4. The van der Waals surface area contributed by atoms with Gasteiger partial charge in [-0.3, -0.25) is 14.4 Å². The Morgan fingerprint density at radius 2 is 1.70 bits per heavy atom. The molecule has 1 aromatic heterocycles. The topological polar surface area (TPSA) is 89.4 Å². The number of nitrogens with one attached hydrogen (secondary N) is 2. The van der Waals surface area contributed by atoms with E-state index >= 15 is 0 Å². The Kier molecular flexibility index (Phi) is 5.27. The second-order valence-electron chi connectivity index (χ2n) is 4.85. The molecule has 0 aliphatic carbocycles. The lowest BCUT2D eigenvalue weighted by molar-refractivity contribution is -0.119. The van der Waals surface area contributed by atoms with Crippen LogP contribution in [0.4, 0.5) is 11.4 Å². The average Bonchev–Trinajstić information content (AvgIpc) is 2.52. The number of nitrogens with zero attached hydrogens (tertiary/aromatic N) is 1. The smallest absolute Gasteiger partial charge is 0.263 e. The van der Waals surface area contributed by atoms with Gasteiger partial charge in [0.2, 0.25) is 5.91 Å². The fourth-order valence-electron chi connectivity index (χ4n) is 1.93. The predicted octanol–water partition coefficient (Wildman–Crippen LogP) is 1.22. The molecule has 0 aliphatic rings. The molecular weight excluding hydrogens is 298 g/mol. The molecule has 23 heavy (non-hydrogen) atoms. The number of benzene rings is 1. The number of methoxy groups -OCH3 is 1. The van der Waals surface area contributed by atoms with Crippen LogP contribution >= 0.6 is 0 Å². The van der Waals surface area contributed by atoms with Crippen molar-refractivity contribution in [3.63, 3.8) is 0 Å². The van der Waals surface area contributed by atoms with Crippen LogP contribution in [0.25, 0.3) is 0 Å². The summed E-state index contributed by atoms with van der Waals surface area (Å²) in [5, 5.41) is 5.28. The summed E-state index contributed by atoms with van der Waals surface area (Å²) in [6, 6.07) is 9.65. The quantitative estimate of drug-likeness (QED) is 0.868. The van der Waals surface area contributed by atoms with Gasteiger partial charge in [0.1, 0.15) is 12.2 Å². The maximum Gasteiger partial charge on any atom is 0.263 e. The van der Waals surface area contributed by atoms with Gasteiger partial charge in [-0.05, 0) is 36.4 Å². The summed E-state index contributed by atoms with van der Waals surface area (Å²) in [6.45, 7) is -0.0320. The number of carbonyl (C=O) groups excluding carboxylic acids is 2. The molecule has 7 nitrogen and oxygen atoms in total. The molecule has 0 fully saturated rings. The zero-order valence-electron chi connectivity index (χ0n) is 12.8. The van der Waals surface area contributed by atoms with Crippen LogP contribution in [0.15, 0.2) is 47.4 Å². The number of aryl methyl sites for hydroxylation is 1. The Morgan fingerprint density at radius 1 is 1.09 bits per heavy atom. The van der Waals surface area contributed by atoms with Gasteiger partial charge in [-0.1, -0.05) is 0 Å². The van der Waals surface area contributed by atoms with E-state index in [1.807, 2.05) is 0 Å². The lowest BCUT2D eigenvalue weighted by Crippen LogP contribution is -2.27. The highest BCUT2D eigenvalue weighted by Gasteiger charge is 2.11. The van der Waals surface area contributed by atoms with Crippen LogP contribution in [0.2, 0.25) is 0 Å². The Balaban J connectivity index is 2.06. The normalized spacial score (nSPS) is 10.2. The van der Waals surface area contributed by atoms with Crippen molar-refractivity contribution in [1.82, 2.24) is 4.57 Å². The third-order valence-electron chi connectivity index (χ3n) is 3.07. The van der Waals surface area contributed by atoms with Gasteiger partial charge in [0.15, 0.2) is 0 Å². The molecule has 120 valence electrons. The number of rotatable bonds is 5. The highest BCUT2D eigenvalue weighted by atomic mass is 16.5. The van der Waals surface area contributed by atoms with Crippen molar-refractivity contribution in [2.75, 3.05) is 24.4 Å². The molecule has 2 N–H and O–H groups in total. The summed E-state index contributed by atoms with van der Waals surface area (Å²) in [4.78, 5) is 35.4. The fourth-order valence-corrected chi connectivity index (χ4v) is 1.93.